The molecule has 156 valence electrons. The zero-order valence-electron chi connectivity index (χ0n) is 17.2. The molecular weight excluding hydrogens is 388 g/mol. The summed E-state index contributed by atoms with van der Waals surface area (Å²) in [5, 5.41) is 14.6. The van der Waals surface area contributed by atoms with E-state index < -0.39 is 0 Å². The van der Waals surface area contributed by atoms with E-state index in [1.165, 1.54) is 32.0 Å². The van der Waals surface area contributed by atoms with Crippen molar-refractivity contribution in [1.29, 1.82) is 5.26 Å². The van der Waals surface area contributed by atoms with E-state index >= 15 is 0 Å². The molecule has 0 saturated heterocycles. The van der Waals surface area contributed by atoms with Crippen molar-refractivity contribution in [3.05, 3.63) is 64.8 Å². The van der Waals surface area contributed by atoms with Crippen molar-refractivity contribution < 1.29 is 0 Å². The zero-order chi connectivity index (χ0) is 21.2. The van der Waals surface area contributed by atoms with Crippen LogP contribution in [0.2, 0.25) is 0 Å². The maximum absolute atomic E-state index is 12.8. The highest BCUT2D eigenvalue weighted by molar-refractivity contribution is 5.87. The van der Waals surface area contributed by atoms with Crippen LogP contribution in [0.4, 0.5) is 0 Å². The SMILES string of the molecule is N#CCC(NCc1ccc2c(ccc(=O)n2-c2ncnc3[nH]ccc23)c1)C1CCCC1. The second kappa shape index (κ2) is 8.32. The fourth-order valence-electron chi connectivity index (χ4n) is 4.77. The van der Waals surface area contributed by atoms with Crippen LogP contribution in [0.3, 0.4) is 0 Å². The lowest BCUT2D eigenvalue weighted by Gasteiger charge is -2.22. The van der Waals surface area contributed by atoms with Crippen molar-refractivity contribution in [2.75, 3.05) is 0 Å². The molecule has 7 heteroatoms. The lowest BCUT2D eigenvalue weighted by molar-refractivity contribution is 0.361. The molecule has 1 atom stereocenters. The highest BCUT2D eigenvalue weighted by atomic mass is 16.1. The van der Waals surface area contributed by atoms with Gasteiger partial charge in [-0.05, 0) is 54.0 Å². The van der Waals surface area contributed by atoms with Gasteiger partial charge in [-0.15, -0.1) is 0 Å². The highest BCUT2D eigenvalue weighted by Gasteiger charge is 2.24. The first-order chi connectivity index (χ1) is 15.2. The third-order valence-electron chi connectivity index (χ3n) is 6.35. The molecule has 0 radical (unpaired) electrons. The smallest absolute Gasteiger partial charge is 0.256 e. The van der Waals surface area contributed by atoms with Crippen LogP contribution in [0.25, 0.3) is 27.8 Å². The molecule has 3 heterocycles. The minimum Gasteiger partial charge on any atom is -0.346 e. The molecule has 2 N–H and O–H groups in total. The van der Waals surface area contributed by atoms with E-state index in [4.69, 9.17) is 0 Å². The summed E-state index contributed by atoms with van der Waals surface area (Å²) in [7, 11) is 0. The maximum atomic E-state index is 12.8. The number of pyridine rings is 1. The Labute approximate surface area is 179 Å². The third-order valence-corrected chi connectivity index (χ3v) is 6.35. The van der Waals surface area contributed by atoms with Crippen molar-refractivity contribution in [1.82, 2.24) is 24.8 Å². The zero-order valence-corrected chi connectivity index (χ0v) is 17.2. The number of aromatic amines is 1. The van der Waals surface area contributed by atoms with Crippen molar-refractivity contribution in [3.63, 3.8) is 0 Å². The maximum Gasteiger partial charge on any atom is 0.256 e. The highest BCUT2D eigenvalue weighted by Crippen LogP contribution is 2.29. The minimum absolute atomic E-state index is 0.130. The predicted octanol–water partition coefficient (Wildman–Crippen LogP) is 3.82. The number of rotatable bonds is 6. The monoisotopic (exact) mass is 412 g/mol. The molecule has 1 aliphatic rings. The van der Waals surface area contributed by atoms with Crippen molar-refractivity contribution in [2.45, 2.75) is 44.7 Å². The van der Waals surface area contributed by atoms with Crippen LogP contribution < -0.4 is 10.9 Å². The van der Waals surface area contributed by atoms with Crippen LogP contribution in [0.1, 0.15) is 37.7 Å². The van der Waals surface area contributed by atoms with E-state index in [-0.39, 0.29) is 11.6 Å². The standard InChI is InChI=1S/C24H24N6O/c25-11-9-20(17-3-1-2-4-17)27-14-16-5-7-21-18(13-16)6-8-22(31)30(21)24-19-10-12-26-23(19)28-15-29-24/h5-8,10,12-13,15,17,20,27H,1-4,9,14H2,(H,26,28,29). The van der Waals surface area contributed by atoms with Gasteiger partial charge in [0.2, 0.25) is 0 Å². The Kier molecular flexibility index (Phi) is 5.23. The number of hydrogen-bond donors (Lipinski definition) is 2. The van der Waals surface area contributed by atoms with Gasteiger partial charge in [0.1, 0.15) is 12.0 Å². The Morgan fingerprint density at radius 3 is 2.90 bits per heavy atom. The van der Waals surface area contributed by atoms with Gasteiger partial charge in [0.15, 0.2) is 5.82 Å². The lowest BCUT2D eigenvalue weighted by Crippen LogP contribution is -2.34. The Morgan fingerprint density at radius 2 is 2.06 bits per heavy atom. The van der Waals surface area contributed by atoms with Gasteiger partial charge >= 0.3 is 0 Å². The Bertz CT molecular complexity index is 1330. The van der Waals surface area contributed by atoms with Gasteiger partial charge in [0, 0.05) is 24.8 Å². The first kappa shape index (κ1) is 19.5. The van der Waals surface area contributed by atoms with Crippen LogP contribution in [-0.4, -0.2) is 25.6 Å². The van der Waals surface area contributed by atoms with Gasteiger partial charge in [-0.2, -0.15) is 5.26 Å². The number of nitriles is 1. The molecule has 5 rings (SSSR count). The molecule has 0 amide bonds. The topological polar surface area (TPSA) is 99.4 Å². The summed E-state index contributed by atoms with van der Waals surface area (Å²) in [6, 6.07) is 14.0. The first-order valence-corrected chi connectivity index (χ1v) is 10.8. The summed E-state index contributed by atoms with van der Waals surface area (Å²) in [4.78, 5) is 24.5. The van der Waals surface area contributed by atoms with Crippen LogP contribution in [-0.2, 0) is 6.54 Å². The fourth-order valence-corrected chi connectivity index (χ4v) is 4.77. The predicted molar refractivity (Wildman–Crippen MR) is 120 cm³/mol. The average Bonchev–Trinajstić information content (AvgIpc) is 3.48. The minimum atomic E-state index is -0.130. The van der Waals surface area contributed by atoms with Crippen LogP contribution in [0.5, 0.6) is 0 Å². The number of aromatic nitrogens is 4. The number of fused-ring (bicyclic) bond motifs is 2. The molecule has 31 heavy (non-hydrogen) atoms. The fraction of sp³-hybridized carbons (Fsp3) is 0.333. The summed E-state index contributed by atoms with van der Waals surface area (Å²) in [6.07, 6.45) is 8.74. The molecule has 0 spiro atoms. The normalized spacial score (nSPS) is 15.5. The van der Waals surface area contributed by atoms with E-state index in [9.17, 15) is 10.1 Å². The van der Waals surface area contributed by atoms with Crippen LogP contribution >= 0.6 is 0 Å². The molecule has 0 aliphatic heterocycles. The second-order valence-electron chi connectivity index (χ2n) is 8.23. The molecule has 1 saturated carbocycles. The number of H-pyrrole nitrogens is 1. The van der Waals surface area contributed by atoms with Gasteiger partial charge in [-0.3, -0.25) is 9.36 Å². The molecule has 7 nitrogen and oxygen atoms in total. The number of hydrogen-bond acceptors (Lipinski definition) is 5. The summed E-state index contributed by atoms with van der Waals surface area (Å²) in [6.45, 7) is 0.702. The molecular formula is C24H24N6O. The van der Waals surface area contributed by atoms with E-state index in [2.05, 4.69) is 32.4 Å². The molecule has 1 aliphatic carbocycles. The Balaban J connectivity index is 1.47. The van der Waals surface area contributed by atoms with Gasteiger partial charge < -0.3 is 10.3 Å². The largest absolute Gasteiger partial charge is 0.346 e. The molecule has 1 aromatic carbocycles. The Hall–Kier alpha value is -3.50. The van der Waals surface area contributed by atoms with E-state index in [1.807, 2.05) is 24.3 Å². The number of benzene rings is 1. The summed E-state index contributed by atoms with van der Waals surface area (Å²) in [5.41, 5.74) is 2.51. The van der Waals surface area contributed by atoms with Gasteiger partial charge in [0.25, 0.3) is 5.56 Å². The number of nitrogens with one attached hydrogen (secondary N) is 2. The van der Waals surface area contributed by atoms with E-state index in [0.717, 1.165) is 21.9 Å². The third kappa shape index (κ3) is 3.71. The van der Waals surface area contributed by atoms with Crippen molar-refractivity contribution in [2.24, 2.45) is 5.92 Å². The average molecular weight is 412 g/mol. The van der Waals surface area contributed by atoms with Gasteiger partial charge in [-0.25, -0.2) is 9.97 Å². The molecule has 1 unspecified atom stereocenters. The van der Waals surface area contributed by atoms with Gasteiger partial charge in [-0.1, -0.05) is 18.9 Å². The summed E-state index contributed by atoms with van der Waals surface area (Å²) in [5.74, 6) is 1.16. The van der Waals surface area contributed by atoms with Crippen molar-refractivity contribution in [3.8, 4) is 11.9 Å². The summed E-state index contributed by atoms with van der Waals surface area (Å²) < 4.78 is 1.64. The molecule has 1 fully saturated rings. The van der Waals surface area contributed by atoms with E-state index in [0.29, 0.717) is 30.3 Å². The molecule has 0 bridgehead atoms. The summed E-state index contributed by atoms with van der Waals surface area (Å²) >= 11 is 0. The van der Waals surface area contributed by atoms with Crippen molar-refractivity contribution >= 4 is 21.9 Å². The van der Waals surface area contributed by atoms with E-state index in [1.54, 1.807) is 16.8 Å². The first-order valence-electron chi connectivity index (χ1n) is 10.8. The van der Waals surface area contributed by atoms with Crippen LogP contribution in [0.15, 0.2) is 53.7 Å². The van der Waals surface area contributed by atoms with Crippen LogP contribution in [0, 0.1) is 17.2 Å². The second-order valence-corrected chi connectivity index (χ2v) is 8.23. The number of nitrogens with zero attached hydrogens (tertiary/aromatic N) is 4. The molecule has 3 aromatic heterocycles. The molecule has 4 aromatic rings. The Morgan fingerprint density at radius 1 is 1.19 bits per heavy atom. The lowest BCUT2D eigenvalue weighted by atomic mass is 9.95. The quantitative estimate of drug-likeness (QED) is 0.501. The van der Waals surface area contributed by atoms with Gasteiger partial charge in [0.05, 0.1) is 23.4 Å².